The van der Waals surface area contributed by atoms with E-state index < -0.39 is 0 Å². The minimum Gasteiger partial charge on any atom is -0.352 e. The maximum absolute atomic E-state index is 11.3. The highest BCUT2D eigenvalue weighted by molar-refractivity contribution is 9.10. The molecule has 0 aliphatic carbocycles. The molecule has 0 aliphatic rings. The van der Waals surface area contributed by atoms with Crippen LogP contribution >= 0.6 is 15.9 Å². The van der Waals surface area contributed by atoms with Gasteiger partial charge in [0, 0.05) is 17.1 Å². The van der Waals surface area contributed by atoms with Crippen LogP contribution in [0.25, 0.3) is 0 Å². The van der Waals surface area contributed by atoms with E-state index in [1.54, 1.807) is 6.08 Å². The van der Waals surface area contributed by atoms with Crippen LogP contribution in [0.2, 0.25) is 0 Å². The van der Waals surface area contributed by atoms with Crippen molar-refractivity contribution in [2.24, 2.45) is 0 Å². The lowest BCUT2D eigenvalue weighted by Gasteiger charge is -2.05. The van der Waals surface area contributed by atoms with Crippen molar-refractivity contribution >= 4 is 21.8 Å². The molecule has 0 heterocycles. The Morgan fingerprint density at radius 3 is 2.69 bits per heavy atom. The summed E-state index contributed by atoms with van der Waals surface area (Å²) in [4.78, 5) is 11.3. The molecule has 0 aromatic heterocycles. The van der Waals surface area contributed by atoms with Crippen LogP contribution in [0.4, 0.5) is 0 Å². The molecule has 0 unspecified atom stereocenters. The second-order valence-electron chi connectivity index (χ2n) is 3.85. The molecule has 0 fully saturated rings. The van der Waals surface area contributed by atoms with Crippen LogP contribution in [0.5, 0.6) is 0 Å². The highest BCUT2D eigenvalue weighted by Gasteiger charge is 1.99. The summed E-state index contributed by atoms with van der Waals surface area (Å²) in [7, 11) is 0. The third kappa shape index (κ3) is 4.62. The van der Waals surface area contributed by atoms with Crippen molar-refractivity contribution in [2.75, 3.05) is 6.54 Å². The third-order valence-electron chi connectivity index (χ3n) is 2.07. The van der Waals surface area contributed by atoms with Crippen LogP contribution in [-0.4, -0.2) is 12.5 Å². The van der Waals surface area contributed by atoms with E-state index >= 15 is 0 Å². The first kappa shape index (κ1) is 13.0. The number of nitrogens with one attached hydrogen (secondary N) is 1. The standard InChI is InChI=1S/C13H16BrNO/c1-10(2)9-13(16)15-8-7-11-5-3-4-6-12(11)14/h3-6,9H,7-8H2,1-2H3,(H,15,16). The van der Waals surface area contributed by atoms with Crippen LogP contribution in [0.3, 0.4) is 0 Å². The number of amides is 1. The maximum Gasteiger partial charge on any atom is 0.243 e. The average molecular weight is 282 g/mol. The Bertz CT molecular complexity index is 395. The molecule has 2 nitrogen and oxygen atoms in total. The van der Waals surface area contributed by atoms with Gasteiger partial charge in [-0.1, -0.05) is 39.7 Å². The number of hydrogen-bond donors (Lipinski definition) is 1. The Kier molecular flexibility index (Phi) is 5.26. The number of carbonyl (C=O) groups is 1. The lowest BCUT2D eigenvalue weighted by Crippen LogP contribution is -2.23. The number of allylic oxidation sites excluding steroid dienone is 1. The molecule has 1 N–H and O–H groups in total. The summed E-state index contributed by atoms with van der Waals surface area (Å²) in [6.07, 6.45) is 2.45. The second-order valence-corrected chi connectivity index (χ2v) is 4.71. The topological polar surface area (TPSA) is 29.1 Å². The molecule has 1 aromatic rings. The van der Waals surface area contributed by atoms with E-state index in [2.05, 4.69) is 27.3 Å². The summed E-state index contributed by atoms with van der Waals surface area (Å²) >= 11 is 3.48. The first-order valence-corrected chi connectivity index (χ1v) is 6.05. The molecule has 0 radical (unpaired) electrons. The van der Waals surface area contributed by atoms with E-state index in [1.165, 1.54) is 5.56 Å². The lowest BCUT2D eigenvalue weighted by molar-refractivity contribution is -0.116. The smallest absolute Gasteiger partial charge is 0.243 e. The molecular weight excluding hydrogens is 266 g/mol. The highest BCUT2D eigenvalue weighted by atomic mass is 79.9. The van der Waals surface area contributed by atoms with Gasteiger partial charge in [-0.25, -0.2) is 0 Å². The van der Waals surface area contributed by atoms with Gasteiger partial charge in [0.1, 0.15) is 0 Å². The molecule has 86 valence electrons. The van der Waals surface area contributed by atoms with Gasteiger partial charge in [-0.05, 0) is 31.9 Å². The average Bonchev–Trinajstić information content (AvgIpc) is 2.19. The van der Waals surface area contributed by atoms with Gasteiger partial charge in [0.05, 0.1) is 0 Å². The van der Waals surface area contributed by atoms with E-state index in [9.17, 15) is 4.79 Å². The quantitative estimate of drug-likeness (QED) is 0.845. The molecular formula is C13H16BrNO. The summed E-state index contributed by atoms with van der Waals surface area (Å²) in [5, 5.41) is 2.85. The van der Waals surface area contributed by atoms with Crippen molar-refractivity contribution in [1.82, 2.24) is 5.32 Å². The van der Waals surface area contributed by atoms with Gasteiger partial charge >= 0.3 is 0 Å². The SMILES string of the molecule is CC(C)=CC(=O)NCCc1ccccc1Br. The monoisotopic (exact) mass is 281 g/mol. The summed E-state index contributed by atoms with van der Waals surface area (Å²) < 4.78 is 1.09. The number of benzene rings is 1. The summed E-state index contributed by atoms with van der Waals surface area (Å²) in [5.41, 5.74) is 2.22. The molecule has 1 amide bonds. The summed E-state index contributed by atoms with van der Waals surface area (Å²) in [5.74, 6) is -0.0212. The van der Waals surface area contributed by atoms with Gasteiger partial charge in [-0.15, -0.1) is 0 Å². The van der Waals surface area contributed by atoms with E-state index in [0.29, 0.717) is 6.54 Å². The molecule has 16 heavy (non-hydrogen) atoms. The Morgan fingerprint density at radius 2 is 2.06 bits per heavy atom. The fraction of sp³-hybridized carbons (Fsp3) is 0.308. The molecule has 0 bridgehead atoms. The Morgan fingerprint density at radius 1 is 1.38 bits per heavy atom. The third-order valence-corrected chi connectivity index (χ3v) is 2.84. The van der Waals surface area contributed by atoms with Crippen LogP contribution in [0.1, 0.15) is 19.4 Å². The van der Waals surface area contributed by atoms with Crippen LogP contribution in [-0.2, 0) is 11.2 Å². The highest BCUT2D eigenvalue weighted by Crippen LogP contribution is 2.15. The normalized spacial score (nSPS) is 9.69. The van der Waals surface area contributed by atoms with E-state index in [0.717, 1.165) is 16.5 Å². The van der Waals surface area contributed by atoms with Gasteiger partial charge in [0.15, 0.2) is 0 Å². The molecule has 0 spiro atoms. The van der Waals surface area contributed by atoms with Crippen LogP contribution in [0, 0.1) is 0 Å². The zero-order valence-corrected chi connectivity index (χ0v) is 11.2. The minimum atomic E-state index is -0.0212. The van der Waals surface area contributed by atoms with E-state index in [4.69, 9.17) is 0 Å². The predicted octanol–water partition coefficient (Wildman–Crippen LogP) is 3.07. The van der Waals surface area contributed by atoms with Crippen molar-refractivity contribution in [3.05, 3.63) is 46.0 Å². The maximum atomic E-state index is 11.3. The number of halogens is 1. The lowest BCUT2D eigenvalue weighted by atomic mass is 10.1. The number of rotatable bonds is 4. The van der Waals surface area contributed by atoms with Crippen molar-refractivity contribution < 1.29 is 4.79 Å². The fourth-order valence-corrected chi connectivity index (χ4v) is 1.82. The molecule has 0 saturated carbocycles. The molecule has 1 rings (SSSR count). The fourth-order valence-electron chi connectivity index (χ4n) is 1.33. The Hall–Kier alpha value is -1.09. The van der Waals surface area contributed by atoms with E-state index in [-0.39, 0.29) is 5.91 Å². The Labute approximate surface area is 105 Å². The van der Waals surface area contributed by atoms with Crippen molar-refractivity contribution in [2.45, 2.75) is 20.3 Å². The number of hydrogen-bond acceptors (Lipinski definition) is 1. The Balaban J connectivity index is 2.39. The van der Waals surface area contributed by atoms with Crippen LogP contribution < -0.4 is 5.32 Å². The second kappa shape index (κ2) is 6.48. The predicted molar refractivity (Wildman–Crippen MR) is 70.3 cm³/mol. The zero-order valence-electron chi connectivity index (χ0n) is 9.59. The molecule has 0 saturated heterocycles. The van der Waals surface area contributed by atoms with Crippen molar-refractivity contribution in [1.29, 1.82) is 0 Å². The minimum absolute atomic E-state index is 0.0212. The first-order chi connectivity index (χ1) is 7.59. The van der Waals surface area contributed by atoms with Gasteiger partial charge < -0.3 is 5.32 Å². The molecule has 0 atom stereocenters. The summed E-state index contributed by atoms with van der Waals surface area (Å²) in [6.45, 7) is 4.48. The van der Waals surface area contributed by atoms with Crippen molar-refractivity contribution in [3.63, 3.8) is 0 Å². The van der Waals surface area contributed by atoms with E-state index in [1.807, 2.05) is 32.0 Å². The van der Waals surface area contributed by atoms with Gasteiger partial charge in [-0.3, -0.25) is 4.79 Å². The molecule has 0 aliphatic heterocycles. The first-order valence-electron chi connectivity index (χ1n) is 5.25. The number of carbonyl (C=O) groups excluding carboxylic acids is 1. The van der Waals surface area contributed by atoms with Gasteiger partial charge in [0.25, 0.3) is 0 Å². The largest absolute Gasteiger partial charge is 0.352 e. The van der Waals surface area contributed by atoms with Crippen LogP contribution in [0.15, 0.2) is 40.4 Å². The van der Waals surface area contributed by atoms with Gasteiger partial charge in [0.2, 0.25) is 5.91 Å². The molecule has 1 aromatic carbocycles. The zero-order chi connectivity index (χ0) is 12.0. The molecule has 3 heteroatoms. The van der Waals surface area contributed by atoms with Gasteiger partial charge in [-0.2, -0.15) is 0 Å². The van der Waals surface area contributed by atoms with Crippen molar-refractivity contribution in [3.8, 4) is 0 Å². The summed E-state index contributed by atoms with van der Waals surface area (Å²) in [6, 6.07) is 8.04.